The highest BCUT2D eigenvalue weighted by Gasteiger charge is 2.23. The predicted molar refractivity (Wildman–Crippen MR) is 171 cm³/mol. The van der Waals surface area contributed by atoms with Crippen molar-refractivity contribution in [3.05, 3.63) is 107 Å². The van der Waals surface area contributed by atoms with Gasteiger partial charge in [-0.25, -0.2) is 9.78 Å². The number of halogens is 1. The van der Waals surface area contributed by atoms with Crippen molar-refractivity contribution < 1.29 is 24.5 Å². The Morgan fingerprint density at radius 1 is 0.864 bits per heavy atom. The van der Waals surface area contributed by atoms with Gasteiger partial charge in [0.05, 0.1) is 16.6 Å². The van der Waals surface area contributed by atoms with E-state index >= 15 is 0 Å². The van der Waals surface area contributed by atoms with E-state index in [9.17, 15) is 14.7 Å². The molecule has 44 heavy (non-hydrogen) atoms. The number of fused-ring (bicyclic) bond motifs is 1. The molecular formula is C36H33ClN2O5. The second-order valence-electron chi connectivity index (χ2n) is 11.3. The minimum atomic E-state index is -0.960. The molecule has 7 nitrogen and oxygen atoms in total. The van der Waals surface area contributed by atoms with Gasteiger partial charge in [-0.2, -0.15) is 0 Å². The Kier molecular flexibility index (Phi) is 8.66. The third kappa shape index (κ3) is 6.48. The molecule has 6 rings (SSSR count). The topological polar surface area (TPSA) is 102 Å². The number of aromatic carboxylic acids is 1. The fraction of sp³-hybridized carbons (Fsp3) is 0.250. The minimum absolute atomic E-state index is 0.0999. The molecule has 5 aromatic rings. The van der Waals surface area contributed by atoms with Crippen LogP contribution in [0.3, 0.4) is 0 Å². The first-order chi connectivity index (χ1) is 21.4. The normalized spacial score (nSPS) is 13.7. The average molecular weight is 609 g/mol. The maximum absolute atomic E-state index is 11.6. The fourth-order valence-electron chi connectivity index (χ4n) is 6.07. The maximum Gasteiger partial charge on any atom is 0.335 e. The van der Waals surface area contributed by atoms with Crippen LogP contribution in [0.15, 0.2) is 84.9 Å². The number of imidazole rings is 1. The van der Waals surface area contributed by atoms with Gasteiger partial charge in [0.2, 0.25) is 0 Å². The number of carboxylic acid groups (broad SMARTS) is 2. The van der Waals surface area contributed by atoms with Gasteiger partial charge in [0.25, 0.3) is 0 Å². The van der Waals surface area contributed by atoms with Gasteiger partial charge in [-0.15, -0.1) is 0 Å². The number of rotatable bonds is 10. The van der Waals surface area contributed by atoms with Crippen LogP contribution in [0.5, 0.6) is 5.75 Å². The van der Waals surface area contributed by atoms with E-state index in [2.05, 4.69) is 4.57 Å². The summed E-state index contributed by atoms with van der Waals surface area (Å²) in [5, 5.41) is 19.1. The highest BCUT2D eigenvalue weighted by molar-refractivity contribution is 6.30. The standard InChI is InChI=1S/C36H33ClN2O5/c37-28-14-17-31(24-9-6-23(7-10-24)8-19-34(40)41)27(20-28)22-44-30-15-11-25(12-16-30)35-38-32-21-26(36(42)43)13-18-33(32)39(35)29-4-2-1-3-5-29/h6-7,9-18,20-21,29H,1-5,8,19,22H2,(H,40,41)(H,42,43). The number of aryl methyl sites for hydroxylation is 1. The van der Waals surface area contributed by atoms with Gasteiger partial charge in [-0.3, -0.25) is 4.79 Å². The van der Waals surface area contributed by atoms with Crippen molar-refractivity contribution in [2.75, 3.05) is 0 Å². The second-order valence-corrected chi connectivity index (χ2v) is 11.7. The molecule has 1 aliphatic carbocycles. The number of hydrogen-bond donors (Lipinski definition) is 2. The quantitative estimate of drug-likeness (QED) is 0.164. The van der Waals surface area contributed by atoms with Crippen LogP contribution in [0.1, 0.15) is 66.1 Å². The van der Waals surface area contributed by atoms with Gasteiger partial charge in [0.1, 0.15) is 18.2 Å². The number of ether oxygens (including phenoxy) is 1. The molecule has 1 saturated carbocycles. The molecule has 1 fully saturated rings. The SMILES string of the molecule is O=C(O)CCc1ccc(-c2ccc(Cl)cc2COc2ccc(-c3nc4cc(C(=O)O)ccc4n3C3CCCCC3)cc2)cc1. The molecule has 0 atom stereocenters. The number of aromatic nitrogens is 2. The molecule has 1 aromatic heterocycles. The molecule has 0 amide bonds. The Morgan fingerprint density at radius 3 is 2.30 bits per heavy atom. The zero-order chi connectivity index (χ0) is 30.6. The van der Waals surface area contributed by atoms with Gasteiger partial charge < -0.3 is 19.5 Å². The summed E-state index contributed by atoms with van der Waals surface area (Å²) in [5.74, 6) is -0.226. The van der Waals surface area contributed by atoms with Crippen LogP contribution in [0, 0.1) is 0 Å². The summed E-state index contributed by atoms with van der Waals surface area (Å²) in [5.41, 5.74) is 6.74. The molecule has 0 unspecified atom stereocenters. The van der Waals surface area contributed by atoms with Crippen LogP contribution >= 0.6 is 11.6 Å². The van der Waals surface area contributed by atoms with Crippen LogP contribution in [0.2, 0.25) is 5.02 Å². The molecule has 0 aliphatic heterocycles. The Hall–Kier alpha value is -4.62. The van der Waals surface area contributed by atoms with Crippen molar-refractivity contribution >= 4 is 34.6 Å². The molecule has 0 saturated heterocycles. The largest absolute Gasteiger partial charge is 0.489 e. The Balaban J connectivity index is 1.23. The Labute approximate surface area is 260 Å². The monoisotopic (exact) mass is 608 g/mol. The van der Waals surface area contributed by atoms with Crippen LogP contribution in [-0.2, 0) is 17.8 Å². The minimum Gasteiger partial charge on any atom is -0.489 e. The molecule has 2 N–H and O–H groups in total. The lowest BCUT2D eigenvalue weighted by molar-refractivity contribution is -0.136. The predicted octanol–water partition coefficient (Wildman–Crippen LogP) is 8.82. The highest BCUT2D eigenvalue weighted by Crippen LogP contribution is 2.37. The van der Waals surface area contributed by atoms with E-state index in [1.807, 2.05) is 72.8 Å². The second kappa shape index (κ2) is 12.9. The van der Waals surface area contributed by atoms with E-state index in [4.69, 9.17) is 26.4 Å². The number of benzene rings is 4. The summed E-state index contributed by atoms with van der Waals surface area (Å²) in [6.45, 7) is 0.314. The molecule has 0 bridgehead atoms. The van der Waals surface area contributed by atoms with Crippen molar-refractivity contribution in [1.29, 1.82) is 0 Å². The van der Waals surface area contributed by atoms with E-state index in [1.165, 1.54) is 19.3 Å². The lowest BCUT2D eigenvalue weighted by Crippen LogP contribution is -2.14. The van der Waals surface area contributed by atoms with E-state index in [-0.39, 0.29) is 12.0 Å². The molecule has 0 radical (unpaired) electrons. The molecule has 8 heteroatoms. The first-order valence-corrected chi connectivity index (χ1v) is 15.3. The Morgan fingerprint density at radius 2 is 1.59 bits per heavy atom. The first-order valence-electron chi connectivity index (χ1n) is 14.9. The summed E-state index contributed by atoms with van der Waals surface area (Å²) >= 11 is 6.36. The van der Waals surface area contributed by atoms with Crippen LogP contribution in [-0.4, -0.2) is 31.7 Å². The van der Waals surface area contributed by atoms with Crippen molar-refractivity contribution in [3.8, 4) is 28.3 Å². The lowest BCUT2D eigenvalue weighted by Gasteiger charge is -2.25. The smallest absolute Gasteiger partial charge is 0.335 e. The van der Waals surface area contributed by atoms with Crippen LogP contribution in [0.4, 0.5) is 0 Å². The number of nitrogens with zero attached hydrogens (tertiary/aromatic N) is 2. The zero-order valence-electron chi connectivity index (χ0n) is 24.2. The molecule has 1 heterocycles. The highest BCUT2D eigenvalue weighted by atomic mass is 35.5. The lowest BCUT2D eigenvalue weighted by atomic mass is 9.95. The van der Waals surface area contributed by atoms with E-state index in [1.54, 1.807) is 12.1 Å². The Bertz CT molecular complexity index is 1810. The third-order valence-electron chi connectivity index (χ3n) is 8.34. The van der Waals surface area contributed by atoms with Crippen LogP contribution < -0.4 is 4.74 Å². The van der Waals surface area contributed by atoms with Crippen molar-refractivity contribution in [2.24, 2.45) is 0 Å². The zero-order valence-corrected chi connectivity index (χ0v) is 25.0. The van der Waals surface area contributed by atoms with Crippen molar-refractivity contribution in [3.63, 3.8) is 0 Å². The number of carboxylic acids is 2. The summed E-state index contributed by atoms with van der Waals surface area (Å²) in [7, 11) is 0. The first kappa shape index (κ1) is 29.5. The van der Waals surface area contributed by atoms with E-state index in [0.717, 1.165) is 52.0 Å². The van der Waals surface area contributed by atoms with Gasteiger partial charge in [0.15, 0.2) is 0 Å². The summed E-state index contributed by atoms with van der Waals surface area (Å²) < 4.78 is 8.51. The average Bonchev–Trinajstić information content (AvgIpc) is 3.43. The summed E-state index contributed by atoms with van der Waals surface area (Å²) in [6, 6.07) is 27.0. The molecule has 0 spiro atoms. The van der Waals surface area contributed by atoms with Gasteiger partial charge in [-0.05, 0) is 96.1 Å². The number of hydrogen-bond acceptors (Lipinski definition) is 4. The number of carbonyl (C=O) groups is 2. The van der Waals surface area contributed by atoms with Gasteiger partial charge in [-0.1, -0.05) is 61.2 Å². The van der Waals surface area contributed by atoms with Gasteiger partial charge in [0, 0.05) is 23.0 Å². The molecule has 4 aromatic carbocycles. The van der Waals surface area contributed by atoms with Gasteiger partial charge >= 0.3 is 11.9 Å². The maximum atomic E-state index is 11.6. The number of aliphatic carboxylic acids is 1. The van der Waals surface area contributed by atoms with Crippen LogP contribution in [0.25, 0.3) is 33.5 Å². The molecule has 224 valence electrons. The van der Waals surface area contributed by atoms with E-state index in [0.29, 0.717) is 35.4 Å². The summed E-state index contributed by atoms with van der Waals surface area (Å²) in [6.07, 6.45) is 6.32. The summed E-state index contributed by atoms with van der Waals surface area (Å²) in [4.78, 5) is 27.5. The third-order valence-corrected chi connectivity index (χ3v) is 8.58. The van der Waals surface area contributed by atoms with E-state index < -0.39 is 11.9 Å². The fourth-order valence-corrected chi connectivity index (χ4v) is 6.27. The van der Waals surface area contributed by atoms with Crippen molar-refractivity contribution in [1.82, 2.24) is 9.55 Å². The molecule has 1 aliphatic rings. The molecular weight excluding hydrogens is 576 g/mol. The van der Waals surface area contributed by atoms with Crippen molar-refractivity contribution in [2.45, 2.75) is 57.6 Å².